The predicted octanol–water partition coefficient (Wildman–Crippen LogP) is 4.59. The number of rotatable bonds is 35. The molecular formula is C47H67FN8O11S. The van der Waals surface area contributed by atoms with Crippen LogP contribution in [0.4, 0.5) is 20.7 Å². The maximum atomic E-state index is 13.7. The highest BCUT2D eigenvalue weighted by Crippen LogP contribution is 2.43. The Morgan fingerprint density at radius 3 is 2.03 bits per heavy atom. The van der Waals surface area contributed by atoms with Gasteiger partial charge in [-0.2, -0.15) is 11.8 Å². The monoisotopic (exact) mass is 970 g/mol. The van der Waals surface area contributed by atoms with Gasteiger partial charge in [0, 0.05) is 79.8 Å². The molecule has 0 bridgehead atoms. The third-order valence-corrected chi connectivity index (χ3v) is 12.8. The number of amides is 5. The van der Waals surface area contributed by atoms with Crippen LogP contribution in [0.2, 0.25) is 0 Å². The van der Waals surface area contributed by atoms with Crippen LogP contribution in [0, 0.1) is 5.82 Å². The molecule has 0 spiro atoms. The zero-order chi connectivity index (χ0) is 47.8. The number of hydrogen-bond donors (Lipinski definition) is 8. The smallest absolute Gasteiger partial charge is 0.315 e. The number of aromatic nitrogens is 2. The average molecular weight is 971 g/mol. The van der Waals surface area contributed by atoms with E-state index in [9.17, 15) is 23.6 Å². The summed E-state index contributed by atoms with van der Waals surface area (Å²) < 4.78 is 53.1. The molecule has 4 aliphatic rings. The summed E-state index contributed by atoms with van der Waals surface area (Å²) in [5.74, 6) is 2.13. The third kappa shape index (κ3) is 17.3. The first-order valence-corrected chi connectivity index (χ1v) is 24.6. The summed E-state index contributed by atoms with van der Waals surface area (Å²) in [5, 5.41) is 26.3. The molecule has 3 heterocycles. The van der Waals surface area contributed by atoms with E-state index in [4.69, 9.17) is 33.2 Å². The molecule has 2 aromatic rings. The van der Waals surface area contributed by atoms with Gasteiger partial charge < -0.3 is 65.1 Å². The number of ether oxygens (including phenoxy) is 7. The van der Waals surface area contributed by atoms with E-state index >= 15 is 0 Å². The Morgan fingerprint density at radius 1 is 0.691 bits per heavy atom. The lowest BCUT2D eigenvalue weighted by atomic mass is 10.0. The quantitative estimate of drug-likeness (QED) is 0.0233. The number of aromatic amines is 2. The standard InChI is InChI=1S/C47H67FN8O11S/c1-61-38-30-35-32(27-36-44(35)55-56-46(36)52-34-8-4-7-33(48)29-34)28-39(38)67-26-25-66-24-21-64-18-15-51-43(59)12-11-42(58)50-14-6-17-63-20-23-65-22-19-62-16-5-13-49-41(57)10-3-2-9-40-45-37(31-68-40)53-47(60)54-45/h4,7-8,27-30,37,40,45,52,55-56H,2-3,5-6,9-26,31H2,1H3,(H,49,57)(H,50,58)(H,51,59)(H2,53,54,60)/t37-,40-,45-/m0/s1. The van der Waals surface area contributed by atoms with Crippen LogP contribution in [0.1, 0.15) is 51.4 Å². The number of thioether (sulfide) groups is 1. The molecule has 3 aliphatic heterocycles. The zero-order valence-corrected chi connectivity index (χ0v) is 39.6. The molecule has 2 aromatic carbocycles. The summed E-state index contributed by atoms with van der Waals surface area (Å²) in [4.78, 5) is 47.9. The van der Waals surface area contributed by atoms with Gasteiger partial charge in [-0.3, -0.25) is 24.6 Å². The minimum absolute atomic E-state index is 0.0588. The van der Waals surface area contributed by atoms with Crippen LogP contribution in [0.5, 0.6) is 11.5 Å². The Kier molecular flexibility index (Phi) is 22.1. The number of benzene rings is 2. The van der Waals surface area contributed by atoms with Crippen molar-refractivity contribution in [1.82, 2.24) is 36.8 Å². The molecule has 6 rings (SSSR count). The zero-order valence-electron chi connectivity index (χ0n) is 38.8. The Labute approximate surface area is 400 Å². The highest BCUT2D eigenvalue weighted by Gasteiger charge is 2.42. The molecule has 374 valence electrons. The molecule has 19 nitrogen and oxygen atoms in total. The lowest BCUT2D eigenvalue weighted by molar-refractivity contribution is -0.126. The number of unbranched alkanes of at least 4 members (excludes halogenated alkanes) is 1. The first-order chi connectivity index (χ1) is 33.3. The van der Waals surface area contributed by atoms with Crippen molar-refractivity contribution < 1.29 is 56.7 Å². The number of carbonyl (C=O) groups is 4. The van der Waals surface area contributed by atoms with Crippen molar-refractivity contribution in [2.45, 2.75) is 68.7 Å². The fraction of sp³-hybridized carbons (Fsp3) is 0.574. The second kappa shape index (κ2) is 28.9. The molecule has 2 saturated heterocycles. The number of methoxy groups -OCH3 is 1. The van der Waals surface area contributed by atoms with Crippen molar-refractivity contribution >= 4 is 57.8 Å². The van der Waals surface area contributed by atoms with Crippen LogP contribution in [0.25, 0.3) is 22.0 Å². The molecule has 8 N–H and O–H groups in total. The summed E-state index contributed by atoms with van der Waals surface area (Å²) in [6.45, 7) is 5.80. The van der Waals surface area contributed by atoms with Gasteiger partial charge >= 0.3 is 6.03 Å². The van der Waals surface area contributed by atoms with Gasteiger partial charge in [-0.05, 0) is 67.5 Å². The summed E-state index contributed by atoms with van der Waals surface area (Å²) in [5.41, 5.74) is 2.42. The van der Waals surface area contributed by atoms with Gasteiger partial charge in [0.15, 0.2) is 11.5 Å². The van der Waals surface area contributed by atoms with Crippen LogP contribution in [0.3, 0.4) is 0 Å². The number of H-pyrrole nitrogens is 2. The fourth-order valence-electron chi connectivity index (χ4n) is 7.80. The van der Waals surface area contributed by atoms with Crippen LogP contribution in [0.15, 0.2) is 42.5 Å². The lowest BCUT2D eigenvalue weighted by Gasteiger charge is -2.16. The van der Waals surface area contributed by atoms with Crippen molar-refractivity contribution in [3.05, 3.63) is 48.3 Å². The first kappa shape index (κ1) is 52.1. The number of hydrogen-bond acceptors (Lipinski definition) is 13. The van der Waals surface area contributed by atoms with Gasteiger partial charge in [-0.15, -0.1) is 0 Å². The number of urea groups is 1. The van der Waals surface area contributed by atoms with Gasteiger partial charge in [-0.1, -0.05) is 12.5 Å². The Bertz CT molecular complexity index is 2140. The van der Waals surface area contributed by atoms with Crippen molar-refractivity contribution in [2.24, 2.45) is 0 Å². The molecular weight excluding hydrogens is 904 g/mol. The van der Waals surface area contributed by atoms with Crippen LogP contribution in [-0.2, 0) is 38.1 Å². The third-order valence-electron chi connectivity index (χ3n) is 11.3. The van der Waals surface area contributed by atoms with E-state index < -0.39 is 0 Å². The Balaban J connectivity index is 0.662. The SMILES string of the molecule is COc1cc2c3[nH][nH]c(Nc4cccc(F)c4)c-3cc2cc1OCCOCCOCCNC(=O)CCC(=O)NCCCOCCOCCOCCCNC(=O)CCCC[C@@H]1SC[C@@H]2NC(=O)N[C@@H]21. The van der Waals surface area contributed by atoms with E-state index in [0.29, 0.717) is 133 Å². The summed E-state index contributed by atoms with van der Waals surface area (Å²) >= 11 is 1.90. The first-order valence-electron chi connectivity index (χ1n) is 23.5. The van der Waals surface area contributed by atoms with E-state index in [2.05, 4.69) is 42.1 Å². The minimum atomic E-state index is -0.324. The minimum Gasteiger partial charge on any atom is -0.493 e. The number of anilines is 2. The largest absolute Gasteiger partial charge is 0.493 e. The molecule has 68 heavy (non-hydrogen) atoms. The molecule has 0 saturated carbocycles. The molecule has 0 aromatic heterocycles. The fourth-order valence-corrected chi connectivity index (χ4v) is 9.34. The van der Waals surface area contributed by atoms with Crippen molar-refractivity contribution in [3.63, 3.8) is 0 Å². The van der Waals surface area contributed by atoms with Gasteiger partial charge in [-0.25, -0.2) is 9.18 Å². The van der Waals surface area contributed by atoms with Crippen molar-refractivity contribution in [1.29, 1.82) is 0 Å². The summed E-state index contributed by atoms with van der Waals surface area (Å²) in [6.07, 6.45) is 4.87. The van der Waals surface area contributed by atoms with Gasteiger partial charge in [0.25, 0.3) is 0 Å². The highest BCUT2D eigenvalue weighted by molar-refractivity contribution is 8.00. The normalized spacial score (nSPS) is 16.4. The summed E-state index contributed by atoms with van der Waals surface area (Å²) in [7, 11) is 1.58. The van der Waals surface area contributed by atoms with E-state index in [1.165, 1.54) is 12.1 Å². The van der Waals surface area contributed by atoms with Crippen LogP contribution < -0.4 is 41.4 Å². The van der Waals surface area contributed by atoms with E-state index in [0.717, 1.165) is 53.5 Å². The Morgan fingerprint density at radius 2 is 1.34 bits per heavy atom. The molecule has 2 fully saturated rings. The number of fused-ring (bicyclic) bond motifs is 4. The topological polar surface area (TPSA) is 237 Å². The Hall–Kier alpha value is -5.32. The number of carbonyl (C=O) groups excluding carboxylic acids is 4. The van der Waals surface area contributed by atoms with E-state index in [1.54, 1.807) is 19.2 Å². The predicted molar refractivity (Wildman–Crippen MR) is 257 cm³/mol. The number of nitrogens with one attached hydrogen (secondary N) is 8. The maximum Gasteiger partial charge on any atom is 0.315 e. The van der Waals surface area contributed by atoms with Gasteiger partial charge in [0.2, 0.25) is 17.7 Å². The van der Waals surface area contributed by atoms with Crippen molar-refractivity contribution in [2.75, 3.05) is 110 Å². The molecule has 3 atom stereocenters. The van der Waals surface area contributed by atoms with E-state index in [-0.39, 0.29) is 54.5 Å². The van der Waals surface area contributed by atoms with Crippen LogP contribution in [-0.4, -0.2) is 156 Å². The second-order valence-electron chi connectivity index (χ2n) is 16.3. The maximum absolute atomic E-state index is 13.7. The second-order valence-corrected chi connectivity index (χ2v) is 17.6. The molecule has 5 amide bonds. The van der Waals surface area contributed by atoms with Crippen LogP contribution >= 0.6 is 11.8 Å². The highest BCUT2D eigenvalue weighted by atomic mass is 32.2. The molecule has 21 heteroatoms. The summed E-state index contributed by atoms with van der Waals surface area (Å²) in [6, 6.07) is 12.5. The van der Waals surface area contributed by atoms with E-state index in [1.807, 2.05) is 30.0 Å². The van der Waals surface area contributed by atoms with Gasteiger partial charge in [0.1, 0.15) is 18.2 Å². The molecule has 1 aliphatic carbocycles. The molecule has 0 radical (unpaired) electrons. The van der Waals surface area contributed by atoms with Crippen molar-refractivity contribution in [3.8, 4) is 22.8 Å². The van der Waals surface area contributed by atoms with Gasteiger partial charge in [0.05, 0.1) is 77.7 Å². The molecule has 0 unspecified atom stereocenters. The number of halogens is 1. The average Bonchev–Trinajstić information content (AvgIpc) is 4.10. The lowest BCUT2D eigenvalue weighted by Crippen LogP contribution is -2.36.